The van der Waals surface area contributed by atoms with Crippen LogP contribution in [-0.4, -0.2) is 6.29 Å². The molecule has 0 aliphatic carbocycles. The van der Waals surface area contributed by atoms with Gasteiger partial charge in [0.1, 0.15) is 0 Å². The molecule has 0 aliphatic heterocycles. The second kappa shape index (κ2) is 4.47. The van der Waals surface area contributed by atoms with Crippen molar-refractivity contribution in [3.8, 4) is 0 Å². The molecule has 1 rings (SSSR count). The van der Waals surface area contributed by atoms with Crippen LogP contribution in [0.3, 0.4) is 0 Å². The fourth-order valence-corrected chi connectivity index (χ4v) is 1.86. The third-order valence-electron chi connectivity index (χ3n) is 2.44. The predicted octanol–water partition coefficient (Wildman–Crippen LogP) is 2.69. The summed E-state index contributed by atoms with van der Waals surface area (Å²) < 4.78 is 0. The SMILES string of the molecule is CCc1cc(C)c(N)c(CCl)c1C=O. The Bertz CT molecular complexity index is 361. The summed E-state index contributed by atoms with van der Waals surface area (Å²) in [5, 5.41) is 0. The first-order valence-corrected chi connectivity index (χ1v) is 5.11. The lowest BCUT2D eigenvalue weighted by Crippen LogP contribution is -2.04. The van der Waals surface area contributed by atoms with Crippen LogP contribution in [-0.2, 0) is 12.3 Å². The van der Waals surface area contributed by atoms with Gasteiger partial charge in [-0.15, -0.1) is 11.6 Å². The second-order valence-electron chi connectivity index (χ2n) is 3.26. The maximum Gasteiger partial charge on any atom is 0.150 e. The van der Waals surface area contributed by atoms with Gasteiger partial charge in [-0.2, -0.15) is 0 Å². The van der Waals surface area contributed by atoms with Gasteiger partial charge in [-0.3, -0.25) is 4.79 Å². The van der Waals surface area contributed by atoms with Crippen LogP contribution in [0.25, 0.3) is 0 Å². The number of nitrogens with two attached hydrogens (primary N) is 1. The predicted molar refractivity (Wildman–Crippen MR) is 59.9 cm³/mol. The summed E-state index contributed by atoms with van der Waals surface area (Å²) in [6.07, 6.45) is 1.66. The van der Waals surface area contributed by atoms with E-state index in [2.05, 4.69) is 0 Å². The van der Waals surface area contributed by atoms with Gasteiger partial charge in [0.2, 0.25) is 0 Å². The van der Waals surface area contributed by atoms with Crippen LogP contribution in [0, 0.1) is 6.92 Å². The molecule has 3 heteroatoms. The highest BCUT2D eigenvalue weighted by atomic mass is 35.5. The molecule has 0 amide bonds. The van der Waals surface area contributed by atoms with E-state index in [1.54, 1.807) is 0 Å². The van der Waals surface area contributed by atoms with Gasteiger partial charge in [0, 0.05) is 16.8 Å². The third-order valence-corrected chi connectivity index (χ3v) is 2.71. The minimum atomic E-state index is 0.286. The van der Waals surface area contributed by atoms with E-state index >= 15 is 0 Å². The number of alkyl halides is 1. The van der Waals surface area contributed by atoms with Gasteiger partial charge in [0.15, 0.2) is 6.29 Å². The Balaban J connectivity index is 3.49. The van der Waals surface area contributed by atoms with Crippen LogP contribution in [0.15, 0.2) is 6.07 Å². The molecule has 0 atom stereocenters. The molecule has 76 valence electrons. The third kappa shape index (κ3) is 1.75. The average Bonchev–Trinajstić information content (AvgIpc) is 2.20. The summed E-state index contributed by atoms with van der Waals surface area (Å²) in [4.78, 5) is 10.9. The Morgan fingerprint density at radius 1 is 1.57 bits per heavy atom. The van der Waals surface area contributed by atoms with Gasteiger partial charge in [-0.05, 0) is 24.5 Å². The molecule has 0 aromatic heterocycles. The number of rotatable bonds is 3. The van der Waals surface area contributed by atoms with E-state index < -0.39 is 0 Å². The molecule has 1 aromatic carbocycles. The van der Waals surface area contributed by atoms with E-state index in [1.165, 1.54) is 0 Å². The Kier molecular flexibility index (Phi) is 3.53. The van der Waals surface area contributed by atoms with Gasteiger partial charge < -0.3 is 5.73 Å². The smallest absolute Gasteiger partial charge is 0.150 e. The molecule has 0 fully saturated rings. The highest BCUT2D eigenvalue weighted by Gasteiger charge is 2.11. The topological polar surface area (TPSA) is 43.1 Å². The van der Waals surface area contributed by atoms with Crippen molar-refractivity contribution in [3.05, 3.63) is 28.3 Å². The highest BCUT2D eigenvalue weighted by Crippen LogP contribution is 2.26. The molecule has 0 unspecified atom stereocenters. The number of hydrogen-bond donors (Lipinski definition) is 1. The quantitative estimate of drug-likeness (QED) is 0.475. The molecule has 0 spiro atoms. The first-order chi connectivity index (χ1) is 6.65. The lowest BCUT2D eigenvalue weighted by molar-refractivity contribution is 0.112. The molecule has 0 bridgehead atoms. The zero-order chi connectivity index (χ0) is 10.7. The number of nitrogen functional groups attached to an aromatic ring is 1. The summed E-state index contributed by atoms with van der Waals surface area (Å²) in [5.41, 5.74) is 9.91. The van der Waals surface area contributed by atoms with Crippen molar-refractivity contribution < 1.29 is 4.79 Å². The molecule has 0 saturated heterocycles. The first-order valence-electron chi connectivity index (χ1n) is 4.57. The van der Waals surface area contributed by atoms with Crippen LogP contribution in [0.4, 0.5) is 5.69 Å². The maximum atomic E-state index is 10.9. The normalized spacial score (nSPS) is 10.2. The second-order valence-corrected chi connectivity index (χ2v) is 3.53. The highest BCUT2D eigenvalue weighted by molar-refractivity contribution is 6.18. The molecule has 2 nitrogen and oxygen atoms in total. The molecular formula is C11H14ClNO. The summed E-state index contributed by atoms with van der Waals surface area (Å²) in [5.74, 6) is 0.286. The van der Waals surface area contributed by atoms with E-state index in [-0.39, 0.29) is 5.88 Å². The summed E-state index contributed by atoms with van der Waals surface area (Å²) >= 11 is 5.78. The standard InChI is InChI=1S/C11H14ClNO/c1-3-8-4-7(2)11(13)9(5-12)10(8)6-14/h4,6H,3,5,13H2,1-2H3. The summed E-state index contributed by atoms with van der Waals surface area (Å²) in [6, 6.07) is 1.95. The van der Waals surface area contributed by atoms with Crippen molar-refractivity contribution in [2.24, 2.45) is 0 Å². The van der Waals surface area contributed by atoms with Gasteiger partial charge in [0.05, 0.1) is 5.88 Å². The molecule has 1 aromatic rings. The van der Waals surface area contributed by atoms with Crippen molar-refractivity contribution in [2.75, 3.05) is 5.73 Å². The summed E-state index contributed by atoms with van der Waals surface area (Å²) in [7, 11) is 0. The van der Waals surface area contributed by atoms with Crippen LogP contribution in [0.2, 0.25) is 0 Å². The lowest BCUT2D eigenvalue weighted by Gasteiger charge is -2.12. The van der Waals surface area contributed by atoms with Crippen molar-refractivity contribution in [3.63, 3.8) is 0 Å². The number of carbonyl (C=O) groups is 1. The number of benzene rings is 1. The number of anilines is 1. The molecule has 2 N–H and O–H groups in total. The zero-order valence-electron chi connectivity index (χ0n) is 8.43. The fourth-order valence-electron chi connectivity index (χ4n) is 1.58. The maximum absolute atomic E-state index is 10.9. The van der Waals surface area contributed by atoms with Crippen LogP contribution in [0.5, 0.6) is 0 Å². The Labute approximate surface area is 89.1 Å². The van der Waals surface area contributed by atoms with Crippen molar-refractivity contribution in [2.45, 2.75) is 26.1 Å². The van der Waals surface area contributed by atoms with Crippen LogP contribution < -0.4 is 5.73 Å². The minimum absolute atomic E-state index is 0.286. The van der Waals surface area contributed by atoms with E-state index in [4.69, 9.17) is 17.3 Å². The Morgan fingerprint density at radius 2 is 2.21 bits per heavy atom. The summed E-state index contributed by atoms with van der Waals surface area (Å²) in [6.45, 7) is 3.94. The molecule has 0 radical (unpaired) electrons. The molecule has 14 heavy (non-hydrogen) atoms. The molecule has 0 aliphatic rings. The largest absolute Gasteiger partial charge is 0.398 e. The number of carbonyl (C=O) groups excluding carboxylic acids is 1. The monoisotopic (exact) mass is 211 g/mol. The number of aldehydes is 1. The van der Waals surface area contributed by atoms with Crippen molar-refractivity contribution in [1.29, 1.82) is 0 Å². The lowest BCUT2D eigenvalue weighted by atomic mass is 9.96. The Morgan fingerprint density at radius 3 is 2.64 bits per heavy atom. The van der Waals surface area contributed by atoms with E-state index in [0.717, 1.165) is 29.4 Å². The minimum Gasteiger partial charge on any atom is -0.398 e. The number of halogens is 1. The van der Waals surface area contributed by atoms with E-state index in [9.17, 15) is 4.79 Å². The number of aryl methyl sites for hydroxylation is 2. The average molecular weight is 212 g/mol. The Hall–Kier alpha value is -1.02. The van der Waals surface area contributed by atoms with Gasteiger partial charge >= 0.3 is 0 Å². The fraction of sp³-hybridized carbons (Fsp3) is 0.364. The van der Waals surface area contributed by atoms with Crippen molar-refractivity contribution >= 4 is 23.6 Å². The first kappa shape index (κ1) is 11.1. The molecule has 0 heterocycles. The van der Waals surface area contributed by atoms with Gasteiger partial charge in [0.25, 0.3) is 0 Å². The molecular weight excluding hydrogens is 198 g/mol. The zero-order valence-corrected chi connectivity index (χ0v) is 9.19. The van der Waals surface area contributed by atoms with Crippen LogP contribution >= 0.6 is 11.6 Å². The number of hydrogen-bond acceptors (Lipinski definition) is 2. The molecule has 0 saturated carbocycles. The van der Waals surface area contributed by atoms with Gasteiger partial charge in [-0.1, -0.05) is 13.0 Å². The van der Waals surface area contributed by atoms with Crippen LogP contribution in [0.1, 0.15) is 34.0 Å². The van der Waals surface area contributed by atoms with E-state index in [1.807, 2.05) is 19.9 Å². The van der Waals surface area contributed by atoms with E-state index in [0.29, 0.717) is 11.3 Å². The van der Waals surface area contributed by atoms with Gasteiger partial charge in [-0.25, -0.2) is 0 Å². The van der Waals surface area contributed by atoms with Crippen molar-refractivity contribution in [1.82, 2.24) is 0 Å².